The Morgan fingerprint density at radius 2 is 1.08 bits per heavy atom. The highest BCUT2D eigenvalue weighted by Crippen LogP contribution is 2.14. The third-order valence-electron chi connectivity index (χ3n) is 5.18. The second kappa shape index (κ2) is 16.6. The van der Waals surface area contributed by atoms with Crippen LogP contribution in [0.5, 0.6) is 0 Å². The highest BCUT2D eigenvalue weighted by molar-refractivity contribution is 6.65. The number of hydrogen-bond acceptors (Lipinski definition) is 3. The van der Waals surface area contributed by atoms with Crippen molar-refractivity contribution in [3.63, 3.8) is 0 Å². The minimum Gasteiger partial charge on any atom is -0.398 e. The Morgan fingerprint density at radius 3 is 1.54 bits per heavy atom. The first-order valence-corrected chi connectivity index (χ1v) is 12.9. The first kappa shape index (κ1) is 24.1. The van der Waals surface area contributed by atoms with E-state index >= 15 is 0 Å². The topological polar surface area (TPSA) is 21.7 Å². The molecule has 0 saturated carbocycles. The van der Waals surface area contributed by atoms with Crippen LogP contribution in [0.25, 0.3) is 0 Å². The van der Waals surface area contributed by atoms with Gasteiger partial charge < -0.3 is 13.8 Å². The fraction of sp³-hybridized carbons (Fsp3) is 1.00. The Bertz CT molecular complexity index is 260. The smallest absolute Gasteiger partial charge is 0.334 e. The van der Waals surface area contributed by atoms with Crippen molar-refractivity contribution in [1.29, 1.82) is 0 Å². The van der Waals surface area contributed by atoms with E-state index in [1.807, 2.05) is 0 Å². The molecule has 3 nitrogen and oxygen atoms in total. The van der Waals surface area contributed by atoms with Crippen molar-refractivity contribution in [3.05, 3.63) is 0 Å². The van der Waals surface area contributed by atoms with Crippen LogP contribution in [0.4, 0.5) is 0 Å². The predicted octanol–water partition coefficient (Wildman–Crippen LogP) is 5.98. The van der Waals surface area contributed by atoms with E-state index < -0.39 is 8.56 Å². The normalized spacial score (nSPS) is 12.2. The van der Waals surface area contributed by atoms with Gasteiger partial charge in [-0.3, -0.25) is 0 Å². The zero-order chi connectivity index (χ0) is 18.1. The van der Waals surface area contributed by atoms with Gasteiger partial charge in [0, 0.05) is 14.2 Å². The maximum absolute atomic E-state index is 5.54. The maximum Gasteiger partial charge on any atom is 0.334 e. The summed E-state index contributed by atoms with van der Waals surface area (Å²) in [5.41, 5.74) is 0. The van der Waals surface area contributed by atoms with Crippen LogP contribution in [0.3, 0.4) is 0 Å². The van der Waals surface area contributed by atoms with Gasteiger partial charge in [-0.25, -0.2) is 0 Å². The molecule has 4 heteroatoms. The summed E-state index contributed by atoms with van der Waals surface area (Å²) in [5.74, 6) is 0. The summed E-state index contributed by atoms with van der Waals surface area (Å²) >= 11 is 0. The molecule has 0 fully saturated rings. The number of nitrogens with zero attached hydrogens (tertiary/aromatic N) is 1. The van der Waals surface area contributed by atoms with Crippen LogP contribution in [-0.2, 0) is 8.85 Å². The molecule has 146 valence electrons. The minimum absolute atomic E-state index is 1.09. The average Bonchev–Trinajstić information content (AvgIpc) is 2.59. The lowest BCUT2D eigenvalue weighted by Gasteiger charge is -2.24. The fourth-order valence-electron chi connectivity index (χ4n) is 3.12. The maximum atomic E-state index is 5.54. The SMILES string of the molecule is CCCCCCCCCCCCCN(C)CCC[Si](C)(OC)OC. The zero-order valence-electron chi connectivity index (χ0n) is 17.4. The zero-order valence-corrected chi connectivity index (χ0v) is 18.4. The summed E-state index contributed by atoms with van der Waals surface area (Å²) in [6.45, 7) is 6.83. The van der Waals surface area contributed by atoms with Gasteiger partial charge in [0.2, 0.25) is 0 Å². The Hall–Kier alpha value is 0.0969. The molecule has 0 N–H and O–H groups in total. The van der Waals surface area contributed by atoms with Gasteiger partial charge in [0.05, 0.1) is 0 Å². The first-order valence-electron chi connectivity index (χ1n) is 10.4. The van der Waals surface area contributed by atoms with Crippen LogP contribution in [0.15, 0.2) is 0 Å². The monoisotopic (exact) mass is 359 g/mol. The highest BCUT2D eigenvalue weighted by atomic mass is 28.4. The average molecular weight is 360 g/mol. The van der Waals surface area contributed by atoms with Gasteiger partial charge in [0.25, 0.3) is 0 Å². The van der Waals surface area contributed by atoms with Crippen LogP contribution in [0.1, 0.15) is 84.0 Å². The molecule has 0 aromatic carbocycles. The molecule has 0 bridgehead atoms. The van der Waals surface area contributed by atoms with E-state index in [-0.39, 0.29) is 0 Å². The fourth-order valence-corrected chi connectivity index (χ4v) is 4.49. The van der Waals surface area contributed by atoms with Gasteiger partial charge in [-0.05, 0) is 45.6 Å². The highest BCUT2D eigenvalue weighted by Gasteiger charge is 2.27. The summed E-state index contributed by atoms with van der Waals surface area (Å²) in [5, 5.41) is 0. The number of rotatable bonds is 18. The molecule has 0 amide bonds. The van der Waals surface area contributed by atoms with Crippen molar-refractivity contribution < 1.29 is 8.85 Å². The van der Waals surface area contributed by atoms with Crippen molar-refractivity contribution in [3.8, 4) is 0 Å². The van der Waals surface area contributed by atoms with Crippen molar-refractivity contribution in [2.75, 3.05) is 34.4 Å². The van der Waals surface area contributed by atoms with Crippen molar-refractivity contribution >= 4 is 8.56 Å². The second-order valence-electron chi connectivity index (χ2n) is 7.48. The van der Waals surface area contributed by atoms with Gasteiger partial charge in [-0.1, -0.05) is 71.1 Å². The summed E-state index contributed by atoms with van der Waals surface area (Å²) in [6, 6.07) is 1.09. The molecule has 0 saturated heterocycles. The van der Waals surface area contributed by atoms with E-state index in [0.717, 1.165) is 12.6 Å². The molecule has 0 radical (unpaired) electrons. The van der Waals surface area contributed by atoms with E-state index in [1.54, 1.807) is 14.2 Å². The van der Waals surface area contributed by atoms with Gasteiger partial charge in [0.15, 0.2) is 0 Å². The number of unbranched alkanes of at least 4 members (excludes halogenated alkanes) is 10. The van der Waals surface area contributed by atoms with Crippen molar-refractivity contribution in [2.45, 2.75) is 96.6 Å². The molecule has 0 aliphatic rings. The second-order valence-corrected chi connectivity index (χ2v) is 11.1. The summed E-state index contributed by atoms with van der Waals surface area (Å²) < 4.78 is 11.1. The number of hydrogen-bond donors (Lipinski definition) is 0. The van der Waals surface area contributed by atoms with Gasteiger partial charge in [-0.2, -0.15) is 0 Å². The molecule has 24 heavy (non-hydrogen) atoms. The quantitative estimate of drug-likeness (QED) is 0.222. The molecule has 0 unspecified atom stereocenters. The lowest BCUT2D eigenvalue weighted by Crippen LogP contribution is -2.36. The van der Waals surface area contributed by atoms with Gasteiger partial charge in [0.1, 0.15) is 0 Å². The van der Waals surface area contributed by atoms with Gasteiger partial charge in [-0.15, -0.1) is 0 Å². The van der Waals surface area contributed by atoms with E-state index in [2.05, 4.69) is 25.4 Å². The van der Waals surface area contributed by atoms with Crippen molar-refractivity contribution in [1.82, 2.24) is 4.90 Å². The van der Waals surface area contributed by atoms with Crippen LogP contribution in [0.2, 0.25) is 12.6 Å². The summed E-state index contributed by atoms with van der Waals surface area (Å²) in [4.78, 5) is 2.47. The lowest BCUT2D eigenvalue weighted by molar-refractivity contribution is 0.244. The standard InChI is InChI=1S/C20H45NO2Si/c1-6-7-8-9-10-11-12-13-14-15-16-18-21(2)19-17-20-24(5,22-3)23-4/h6-20H2,1-5H3. The van der Waals surface area contributed by atoms with Crippen molar-refractivity contribution in [2.24, 2.45) is 0 Å². The summed E-state index contributed by atoms with van der Waals surface area (Å²) in [6.07, 6.45) is 16.8. The van der Waals surface area contributed by atoms with Crippen LogP contribution >= 0.6 is 0 Å². The lowest BCUT2D eigenvalue weighted by atomic mass is 10.1. The predicted molar refractivity (Wildman–Crippen MR) is 109 cm³/mol. The van der Waals surface area contributed by atoms with E-state index in [4.69, 9.17) is 8.85 Å². The van der Waals surface area contributed by atoms with Gasteiger partial charge >= 0.3 is 8.56 Å². The molecule has 0 aromatic rings. The molecule has 0 atom stereocenters. The molecule has 0 aliphatic carbocycles. The summed E-state index contributed by atoms with van der Waals surface area (Å²) in [7, 11) is 3.95. The largest absolute Gasteiger partial charge is 0.398 e. The van der Waals surface area contributed by atoms with Crippen LogP contribution in [0, 0.1) is 0 Å². The minimum atomic E-state index is -1.86. The molecule has 0 heterocycles. The Morgan fingerprint density at radius 1 is 0.667 bits per heavy atom. The Labute approximate surface area is 153 Å². The molecule has 0 rings (SSSR count). The van der Waals surface area contributed by atoms with E-state index in [9.17, 15) is 0 Å². The Balaban J connectivity index is 3.33. The third kappa shape index (κ3) is 14.4. The molecule has 0 aromatic heterocycles. The molecular formula is C20H45NO2Si. The van der Waals surface area contributed by atoms with Crippen LogP contribution in [-0.4, -0.2) is 47.8 Å². The third-order valence-corrected chi connectivity index (χ3v) is 8.17. The molecule has 0 spiro atoms. The van der Waals surface area contributed by atoms with E-state index in [0.29, 0.717) is 0 Å². The molecular weight excluding hydrogens is 314 g/mol. The Kier molecular flexibility index (Phi) is 16.6. The van der Waals surface area contributed by atoms with E-state index in [1.165, 1.54) is 83.6 Å². The molecule has 0 aliphatic heterocycles. The first-order chi connectivity index (χ1) is 11.6. The van der Waals surface area contributed by atoms with Crippen LogP contribution < -0.4 is 0 Å².